The minimum absolute atomic E-state index is 0.301. The van der Waals surface area contributed by atoms with Gasteiger partial charge in [-0.2, -0.15) is 0 Å². The standard InChI is InChI=1S/C17H23N3O.C9H10/c18-17(21)20-10-6-14(7-11-20)12-15-4-3-5-16(13-15)19-8-1-2-9-19;1-2-4-8(5-3-1)9-6-7-9/h3-5,12-13H,1-2,6-11H2,(H2,18,21);1-5,9H,6-7H2. The second-order valence-corrected chi connectivity index (χ2v) is 8.60. The zero-order valence-corrected chi connectivity index (χ0v) is 17.8. The van der Waals surface area contributed by atoms with Crippen molar-refractivity contribution in [1.29, 1.82) is 0 Å². The number of carbonyl (C=O) groups excluding carboxylic acids is 1. The van der Waals surface area contributed by atoms with E-state index >= 15 is 0 Å². The molecule has 2 saturated heterocycles. The number of nitrogens with zero attached hydrogens (tertiary/aromatic N) is 2. The first-order chi connectivity index (χ1) is 14.7. The summed E-state index contributed by atoms with van der Waals surface area (Å²) in [4.78, 5) is 15.3. The summed E-state index contributed by atoms with van der Waals surface area (Å²) in [5, 5.41) is 0. The Kier molecular flexibility index (Phi) is 6.73. The van der Waals surface area contributed by atoms with Crippen LogP contribution in [0.15, 0.2) is 60.2 Å². The second kappa shape index (κ2) is 9.84. The van der Waals surface area contributed by atoms with Gasteiger partial charge in [-0.25, -0.2) is 4.79 Å². The van der Waals surface area contributed by atoms with E-state index in [0.717, 1.165) is 31.8 Å². The van der Waals surface area contributed by atoms with E-state index in [4.69, 9.17) is 5.73 Å². The summed E-state index contributed by atoms with van der Waals surface area (Å²) >= 11 is 0. The van der Waals surface area contributed by atoms with Crippen molar-refractivity contribution in [2.75, 3.05) is 31.1 Å². The van der Waals surface area contributed by atoms with Gasteiger partial charge in [0, 0.05) is 31.9 Å². The van der Waals surface area contributed by atoms with Gasteiger partial charge in [-0.1, -0.05) is 54.1 Å². The molecule has 2 aromatic carbocycles. The molecular weight excluding hydrogens is 370 g/mol. The number of primary amides is 1. The summed E-state index contributed by atoms with van der Waals surface area (Å²) in [7, 11) is 0. The lowest BCUT2D eigenvalue weighted by atomic mass is 10.0. The van der Waals surface area contributed by atoms with E-state index in [1.807, 2.05) is 0 Å². The van der Waals surface area contributed by atoms with Crippen LogP contribution in [0.5, 0.6) is 0 Å². The van der Waals surface area contributed by atoms with Crippen LogP contribution in [0.25, 0.3) is 6.08 Å². The maximum atomic E-state index is 11.1. The van der Waals surface area contributed by atoms with Crippen molar-refractivity contribution in [3.8, 4) is 0 Å². The molecule has 3 fully saturated rings. The average Bonchev–Trinajstić information content (AvgIpc) is 3.49. The summed E-state index contributed by atoms with van der Waals surface area (Å²) in [6.07, 6.45) is 9.54. The first-order valence-corrected chi connectivity index (χ1v) is 11.3. The van der Waals surface area contributed by atoms with E-state index in [-0.39, 0.29) is 6.03 Å². The topological polar surface area (TPSA) is 49.6 Å². The van der Waals surface area contributed by atoms with Crippen molar-refractivity contribution in [2.24, 2.45) is 5.73 Å². The number of hydrogen-bond donors (Lipinski definition) is 1. The van der Waals surface area contributed by atoms with E-state index in [1.165, 1.54) is 61.2 Å². The minimum Gasteiger partial charge on any atom is -0.372 e. The predicted octanol–water partition coefficient (Wildman–Crippen LogP) is 5.41. The van der Waals surface area contributed by atoms with E-state index in [2.05, 4.69) is 65.6 Å². The number of piperidine rings is 1. The van der Waals surface area contributed by atoms with Gasteiger partial charge in [0.15, 0.2) is 0 Å². The Bertz CT molecular complexity index is 857. The number of anilines is 1. The number of urea groups is 1. The largest absolute Gasteiger partial charge is 0.372 e. The molecule has 2 aliphatic heterocycles. The Morgan fingerprint density at radius 2 is 1.60 bits per heavy atom. The van der Waals surface area contributed by atoms with Gasteiger partial charge >= 0.3 is 6.03 Å². The molecule has 30 heavy (non-hydrogen) atoms. The Morgan fingerprint density at radius 3 is 2.23 bits per heavy atom. The second-order valence-electron chi connectivity index (χ2n) is 8.60. The third kappa shape index (κ3) is 5.65. The van der Waals surface area contributed by atoms with Crippen LogP contribution in [0, 0.1) is 0 Å². The molecule has 0 radical (unpaired) electrons. The van der Waals surface area contributed by atoms with Crippen molar-refractivity contribution < 1.29 is 4.79 Å². The molecule has 1 saturated carbocycles. The molecule has 0 atom stereocenters. The number of carbonyl (C=O) groups is 1. The van der Waals surface area contributed by atoms with E-state index in [1.54, 1.807) is 4.90 Å². The van der Waals surface area contributed by atoms with Gasteiger partial charge in [0.25, 0.3) is 0 Å². The van der Waals surface area contributed by atoms with Gasteiger partial charge in [0.2, 0.25) is 0 Å². The molecule has 2 heterocycles. The highest BCUT2D eigenvalue weighted by molar-refractivity contribution is 5.72. The Morgan fingerprint density at radius 1 is 0.900 bits per heavy atom. The molecule has 0 aromatic heterocycles. The van der Waals surface area contributed by atoms with Crippen LogP contribution < -0.4 is 10.6 Å². The number of amides is 2. The molecular formula is C26H33N3O. The lowest BCUT2D eigenvalue weighted by Gasteiger charge is -2.26. The van der Waals surface area contributed by atoms with Crippen LogP contribution in [0.3, 0.4) is 0 Å². The first-order valence-electron chi connectivity index (χ1n) is 11.3. The van der Waals surface area contributed by atoms with Crippen LogP contribution in [0.4, 0.5) is 10.5 Å². The molecule has 4 heteroatoms. The SMILES string of the molecule is NC(=O)N1CCC(=Cc2cccc(N3CCCC3)c2)CC1.c1ccc(C2CC2)cc1. The third-order valence-electron chi connectivity index (χ3n) is 6.28. The van der Waals surface area contributed by atoms with Gasteiger partial charge in [-0.3, -0.25) is 0 Å². The molecule has 2 amide bonds. The molecule has 158 valence electrons. The van der Waals surface area contributed by atoms with Crippen molar-refractivity contribution in [2.45, 2.75) is 44.4 Å². The Labute approximate surface area is 180 Å². The van der Waals surface area contributed by atoms with Gasteiger partial charge < -0.3 is 15.5 Å². The third-order valence-corrected chi connectivity index (χ3v) is 6.28. The quantitative estimate of drug-likeness (QED) is 0.745. The highest BCUT2D eigenvalue weighted by Crippen LogP contribution is 2.39. The summed E-state index contributed by atoms with van der Waals surface area (Å²) in [6.45, 7) is 3.83. The van der Waals surface area contributed by atoms with Gasteiger partial charge in [0.05, 0.1) is 0 Å². The predicted molar refractivity (Wildman–Crippen MR) is 125 cm³/mol. The summed E-state index contributed by atoms with van der Waals surface area (Å²) in [5.41, 5.74) is 10.8. The van der Waals surface area contributed by atoms with Crippen molar-refractivity contribution in [1.82, 2.24) is 4.90 Å². The molecule has 4 nitrogen and oxygen atoms in total. The summed E-state index contributed by atoms with van der Waals surface area (Å²) < 4.78 is 0. The van der Waals surface area contributed by atoms with Crippen LogP contribution in [0.2, 0.25) is 0 Å². The molecule has 1 aliphatic carbocycles. The zero-order valence-electron chi connectivity index (χ0n) is 17.8. The van der Waals surface area contributed by atoms with E-state index < -0.39 is 0 Å². The lowest BCUT2D eigenvalue weighted by Crippen LogP contribution is -2.39. The van der Waals surface area contributed by atoms with Crippen molar-refractivity contribution in [3.63, 3.8) is 0 Å². The summed E-state index contributed by atoms with van der Waals surface area (Å²) in [5.74, 6) is 0.909. The van der Waals surface area contributed by atoms with Crippen LogP contribution in [-0.4, -0.2) is 37.1 Å². The Balaban J connectivity index is 0.000000200. The van der Waals surface area contributed by atoms with Crippen molar-refractivity contribution >= 4 is 17.8 Å². The monoisotopic (exact) mass is 403 g/mol. The average molecular weight is 404 g/mol. The summed E-state index contributed by atoms with van der Waals surface area (Å²) in [6, 6.07) is 19.2. The number of benzene rings is 2. The van der Waals surface area contributed by atoms with E-state index in [9.17, 15) is 4.79 Å². The normalized spacial score (nSPS) is 18.6. The molecule has 0 spiro atoms. The fourth-order valence-electron chi connectivity index (χ4n) is 4.32. The van der Waals surface area contributed by atoms with Crippen LogP contribution >= 0.6 is 0 Å². The highest BCUT2D eigenvalue weighted by Gasteiger charge is 2.22. The van der Waals surface area contributed by atoms with Gasteiger partial charge in [-0.15, -0.1) is 0 Å². The van der Waals surface area contributed by atoms with Gasteiger partial charge in [-0.05, 0) is 67.7 Å². The number of rotatable bonds is 3. The fourth-order valence-corrected chi connectivity index (χ4v) is 4.32. The fraction of sp³-hybridized carbons (Fsp3) is 0.423. The highest BCUT2D eigenvalue weighted by atomic mass is 16.2. The smallest absolute Gasteiger partial charge is 0.314 e. The minimum atomic E-state index is -0.301. The maximum absolute atomic E-state index is 11.1. The Hall–Kier alpha value is -2.75. The first kappa shape index (κ1) is 20.5. The van der Waals surface area contributed by atoms with Crippen molar-refractivity contribution in [3.05, 3.63) is 71.3 Å². The van der Waals surface area contributed by atoms with E-state index in [0.29, 0.717) is 0 Å². The molecule has 5 rings (SSSR count). The van der Waals surface area contributed by atoms with Crippen LogP contribution in [0.1, 0.15) is 55.6 Å². The molecule has 2 N–H and O–H groups in total. The molecule has 0 bridgehead atoms. The number of hydrogen-bond acceptors (Lipinski definition) is 2. The maximum Gasteiger partial charge on any atom is 0.314 e. The molecule has 0 unspecified atom stereocenters. The van der Waals surface area contributed by atoms with Gasteiger partial charge in [0.1, 0.15) is 0 Å². The number of likely N-dealkylation sites (tertiary alicyclic amines) is 1. The molecule has 2 aromatic rings. The zero-order chi connectivity index (χ0) is 20.8. The number of nitrogens with two attached hydrogens (primary N) is 1. The van der Waals surface area contributed by atoms with Crippen LogP contribution in [-0.2, 0) is 0 Å². The lowest BCUT2D eigenvalue weighted by molar-refractivity contribution is 0.203. The molecule has 3 aliphatic rings.